The van der Waals surface area contributed by atoms with E-state index >= 15 is 0 Å². The van der Waals surface area contributed by atoms with Crippen molar-refractivity contribution in [1.82, 2.24) is 0 Å². The van der Waals surface area contributed by atoms with Crippen molar-refractivity contribution in [2.24, 2.45) is 0 Å². The SMILES string of the molecule is CCCCc1ccc(N2C=Cc3ccccc3[CH-]2)cc1.CCCCc1ccc(N2C=Cc3ccccc3[CH-]2)cc1.CCCCc1ccc(N2C=Cc3ccccc3[CH-]2)cc1.[Ir+3]. The molecule has 9 rings (SSSR count). The van der Waals surface area contributed by atoms with Gasteiger partial charge in [-0.25, -0.2) is 0 Å². The summed E-state index contributed by atoms with van der Waals surface area (Å²) in [7, 11) is 0. The minimum absolute atomic E-state index is 0. The fourth-order valence-corrected chi connectivity index (χ4v) is 7.53. The smallest absolute Gasteiger partial charge is 0.379 e. The quantitative estimate of drug-likeness (QED) is 0.113. The van der Waals surface area contributed by atoms with Crippen LogP contribution in [0.25, 0.3) is 18.2 Å². The number of aryl methyl sites for hydroxylation is 3. The average molecular weight is 979 g/mol. The second-order valence-electron chi connectivity index (χ2n) is 15.8. The van der Waals surface area contributed by atoms with Crippen LogP contribution in [0, 0.1) is 19.6 Å². The Morgan fingerprint density at radius 2 is 0.607 bits per heavy atom. The van der Waals surface area contributed by atoms with E-state index in [0.29, 0.717) is 0 Å². The van der Waals surface area contributed by atoms with Crippen molar-refractivity contribution in [3.05, 3.63) is 234 Å². The maximum atomic E-state index is 2.24. The Labute approximate surface area is 380 Å². The van der Waals surface area contributed by atoms with Crippen LogP contribution in [0.2, 0.25) is 0 Å². The zero-order valence-corrected chi connectivity index (χ0v) is 38.5. The molecule has 0 amide bonds. The summed E-state index contributed by atoms with van der Waals surface area (Å²) in [6, 6.07) is 52.1. The Kier molecular flexibility index (Phi) is 17.1. The number of benzene rings is 6. The van der Waals surface area contributed by atoms with Gasteiger partial charge in [0.2, 0.25) is 0 Å². The molecule has 4 heteroatoms. The van der Waals surface area contributed by atoms with E-state index in [4.69, 9.17) is 0 Å². The molecule has 0 saturated heterocycles. The zero-order chi connectivity index (χ0) is 41.4. The van der Waals surface area contributed by atoms with Crippen molar-refractivity contribution in [3.8, 4) is 0 Å². The molecular formula is C57H60IrN3. The Bertz CT molecular complexity index is 2060. The van der Waals surface area contributed by atoms with Crippen LogP contribution >= 0.6 is 0 Å². The predicted molar refractivity (Wildman–Crippen MR) is 259 cm³/mol. The Morgan fingerprint density at radius 3 is 0.869 bits per heavy atom. The second-order valence-corrected chi connectivity index (χ2v) is 15.8. The van der Waals surface area contributed by atoms with Crippen LogP contribution in [0.1, 0.15) is 109 Å². The van der Waals surface area contributed by atoms with Gasteiger partial charge in [0.25, 0.3) is 0 Å². The molecule has 0 N–H and O–H groups in total. The van der Waals surface area contributed by atoms with E-state index in [9.17, 15) is 0 Å². The van der Waals surface area contributed by atoms with Crippen LogP contribution in [0.15, 0.2) is 164 Å². The maximum absolute atomic E-state index is 2.24. The standard InChI is InChI=1S/3C19H20N.Ir/c3*1-2-3-6-16-9-11-19(12-10-16)20-14-13-17-7-4-5-8-18(17)15-20;/h3*4-5,7-15H,2-3,6H2,1H3;/q3*-1;+3. The first-order valence-electron chi connectivity index (χ1n) is 22.1. The number of rotatable bonds is 12. The van der Waals surface area contributed by atoms with E-state index < -0.39 is 0 Å². The molecular weight excluding hydrogens is 919 g/mol. The molecule has 0 bridgehead atoms. The Hall–Kier alpha value is -5.80. The van der Waals surface area contributed by atoms with Gasteiger partial charge in [0.05, 0.1) is 0 Å². The van der Waals surface area contributed by atoms with Gasteiger partial charge in [-0.15, -0.1) is 53.1 Å². The van der Waals surface area contributed by atoms with Gasteiger partial charge in [0.15, 0.2) is 0 Å². The molecule has 312 valence electrons. The van der Waals surface area contributed by atoms with Crippen molar-refractivity contribution in [3.63, 3.8) is 0 Å². The van der Waals surface area contributed by atoms with Crippen LogP contribution in [-0.2, 0) is 39.4 Å². The van der Waals surface area contributed by atoms with Crippen LogP contribution in [0.4, 0.5) is 17.1 Å². The first-order valence-corrected chi connectivity index (χ1v) is 22.1. The summed E-state index contributed by atoms with van der Waals surface area (Å²) in [5.41, 5.74) is 15.6. The van der Waals surface area contributed by atoms with Crippen LogP contribution in [-0.4, -0.2) is 0 Å². The third kappa shape index (κ3) is 12.6. The second kappa shape index (κ2) is 23.3. The summed E-state index contributed by atoms with van der Waals surface area (Å²) in [5.74, 6) is 0. The molecule has 0 aromatic heterocycles. The van der Waals surface area contributed by atoms with Gasteiger partial charge in [-0.1, -0.05) is 132 Å². The van der Waals surface area contributed by atoms with E-state index in [0.717, 1.165) is 0 Å². The minimum atomic E-state index is 0. The Morgan fingerprint density at radius 1 is 0.344 bits per heavy atom. The van der Waals surface area contributed by atoms with E-state index in [1.165, 1.54) is 125 Å². The first kappa shape index (κ1) is 44.7. The molecule has 3 aliphatic heterocycles. The third-order valence-corrected chi connectivity index (χ3v) is 11.2. The van der Waals surface area contributed by atoms with E-state index in [-0.39, 0.29) is 20.1 Å². The fourth-order valence-electron chi connectivity index (χ4n) is 7.53. The maximum Gasteiger partial charge on any atom is 3.00 e. The molecule has 0 fully saturated rings. The van der Waals surface area contributed by atoms with Gasteiger partial charge < -0.3 is 14.7 Å². The monoisotopic (exact) mass is 979 g/mol. The van der Waals surface area contributed by atoms with E-state index in [1.54, 1.807) is 0 Å². The van der Waals surface area contributed by atoms with Crippen molar-refractivity contribution in [1.29, 1.82) is 0 Å². The van der Waals surface area contributed by atoms with Crippen LogP contribution < -0.4 is 14.7 Å². The average Bonchev–Trinajstić information content (AvgIpc) is 3.32. The van der Waals surface area contributed by atoms with Gasteiger partial charge in [0.1, 0.15) is 0 Å². The molecule has 0 unspecified atom stereocenters. The molecule has 0 aliphatic carbocycles. The van der Waals surface area contributed by atoms with Crippen molar-refractivity contribution in [2.75, 3.05) is 14.7 Å². The number of fused-ring (bicyclic) bond motifs is 3. The summed E-state index contributed by atoms with van der Waals surface area (Å²) in [5, 5.41) is 0. The van der Waals surface area contributed by atoms with Gasteiger partial charge >= 0.3 is 20.1 Å². The predicted octanol–water partition coefficient (Wildman–Crippen LogP) is 15.1. The van der Waals surface area contributed by atoms with Crippen LogP contribution in [0.5, 0.6) is 0 Å². The summed E-state index contributed by atoms with van der Waals surface area (Å²) in [6.45, 7) is 13.3. The van der Waals surface area contributed by atoms with E-state index in [1.807, 2.05) is 0 Å². The number of hydrogen-bond acceptors (Lipinski definition) is 3. The Balaban J connectivity index is 0.000000152. The van der Waals surface area contributed by atoms with Gasteiger partial charge in [-0.05, 0) is 110 Å². The molecule has 0 spiro atoms. The van der Waals surface area contributed by atoms with Gasteiger partial charge in [-0.3, -0.25) is 0 Å². The summed E-state index contributed by atoms with van der Waals surface area (Å²) < 4.78 is 0. The summed E-state index contributed by atoms with van der Waals surface area (Å²) >= 11 is 0. The zero-order valence-electron chi connectivity index (χ0n) is 36.1. The van der Waals surface area contributed by atoms with Crippen molar-refractivity contribution < 1.29 is 20.1 Å². The minimum Gasteiger partial charge on any atom is -0.379 e. The molecule has 0 saturated carbocycles. The van der Waals surface area contributed by atoms with E-state index in [2.05, 4.69) is 238 Å². The summed E-state index contributed by atoms with van der Waals surface area (Å²) in [6.07, 6.45) is 24.0. The number of nitrogens with zero attached hydrogens (tertiary/aromatic N) is 3. The van der Waals surface area contributed by atoms with Gasteiger partial charge in [0, 0.05) is 17.1 Å². The van der Waals surface area contributed by atoms with Crippen molar-refractivity contribution in [2.45, 2.75) is 78.6 Å². The first-order chi connectivity index (χ1) is 29.6. The molecule has 0 radical (unpaired) electrons. The largest absolute Gasteiger partial charge is 3.00 e. The molecule has 6 aromatic carbocycles. The normalized spacial score (nSPS) is 12.7. The van der Waals surface area contributed by atoms with Crippen LogP contribution in [0.3, 0.4) is 0 Å². The molecule has 3 heterocycles. The third-order valence-electron chi connectivity index (χ3n) is 11.2. The molecule has 0 atom stereocenters. The fraction of sp³-hybridized carbons (Fsp3) is 0.211. The number of anilines is 3. The van der Waals surface area contributed by atoms with Crippen molar-refractivity contribution >= 4 is 35.3 Å². The number of hydrogen-bond donors (Lipinski definition) is 0. The molecule has 3 aliphatic rings. The molecule has 6 aromatic rings. The molecule has 61 heavy (non-hydrogen) atoms. The summed E-state index contributed by atoms with van der Waals surface area (Å²) in [4.78, 5) is 6.56. The van der Waals surface area contributed by atoms with Gasteiger partial charge in [-0.2, -0.15) is 34.9 Å². The molecule has 3 nitrogen and oxygen atoms in total. The number of unbranched alkanes of at least 4 members (excludes halogenated alkanes) is 3. The topological polar surface area (TPSA) is 9.72 Å².